The van der Waals surface area contributed by atoms with E-state index in [1.165, 1.54) is 12.1 Å². The van der Waals surface area contributed by atoms with E-state index in [-0.39, 0.29) is 11.4 Å². The first kappa shape index (κ1) is 16.6. The number of benzene rings is 1. The zero-order chi connectivity index (χ0) is 15.2. The second-order valence-corrected chi connectivity index (χ2v) is 6.75. The number of hydrogen-bond acceptors (Lipinski definition) is 3. The molecule has 0 aliphatic rings. The van der Waals surface area contributed by atoms with E-state index in [1.807, 2.05) is 0 Å². The first-order valence-electron chi connectivity index (χ1n) is 6.56. The van der Waals surface area contributed by atoms with E-state index in [0.29, 0.717) is 12.3 Å². The lowest BCUT2D eigenvalue weighted by Gasteiger charge is -2.09. The molecule has 0 aliphatic heterocycles. The molecule has 0 aromatic heterocycles. The molecule has 0 amide bonds. The van der Waals surface area contributed by atoms with Crippen molar-refractivity contribution in [2.45, 2.75) is 38.0 Å². The lowest BCUT2D eigenvalue weighted by Crippen LogP contribution is -2.25. The second kappa shape index (κ2) is 7.36. The Morgan fingerprint density at radius 1 is 1.35 bits per heavy atom. The molecule has 110 valence electrons. The van der Waals surface area contributed by atoms with Gasteiger partial charge in [-0.1, -0.05) is 32.8 Å². The molecule has 1 aromatic rings. The molecule has 0 radical (unpaired) electrons. The highest BCUT2D eigenvalue weighted by Crippen LogP contribution is 2.17. The molecule has 0 unspecified atom stereocenters. The fourth-order valence-electron chi connectivity index (χ4n) is 1.80. The van der Waals surface area contributed by atoms with E-state index in [1.54, 1.807) is 6.07 Å². The third kappa shape index (κ3) is 4.58. The summed E-state index contributed by atoms with van der Waals surface area (Å²) in [5, 5.41) is 8.85. The van der Waals surface area contributed by atoms with Crippen LogP contribution in [0.2, 0.25) is 0 Å². The van der Waals surface area contributed by atoms with Crippen molar-refractivity contribution >= 4 is 10.0 Å². The number of halogens is 1. The van der Waals surface area contributed by atoms with Crippen LogP contribution in [0, 0.1) is 23.1 Å². The van der Waals surface area contributed by atoms with Gasteiger partial charge in [-0.3, -0.25) is 0 Å². The monoisotopic (exact) mass is 298 g/mol. The third-order valence-corrected chi connectivity index (χ3v) is 4.38. The Kier molecular flexibility index (Phi) is 6.11. The Hall–Kier alpha value is -1.45. The predicted molar refractivity (Wildman–Crippen MR) is 75.0 cm³/mol. The van der Waals surface area contributed by atoms with Crippen LogP contribution in [0.15, 0.2) is 23.1 Å². The van der Waals surface area contributed by atoms with Crippen LogP contribution in [0.3, 0.4) is 0 Å². The standard InChI is InChI=1S/C14H19FN2O2S/c1-11(2)6-3-4-9-17-20(18,19)14-8-5-7-13(15)12(14)10-16/h5,7-8,11,17H,3-4,6,9H2,1-2H3. The molecule has 6 heteroatoms. The molecule has 0 atom stereocenters. The molecule has 0 heterocycles. The van der Waals surface area contributed by atoms with Gasteiger partial charge in [0.1, 0.15) is 22.3 Å². The Morgan fingerprint density at radius 2 is 2.05 bits per heavy atom. The molecule has 0 fully saturated rings. The molecule has 20 heavy (non-hydrogen) atoms. The van der Waals surface area contributed by atoms with E-state index in [2.05, 4.69) is 18.6 Å². The van der Waals surface area contributed by atoms with E-state index in [0.717, 1.165) is 18.9 Å². The van der Waals surface area contributed by atoms with Gasteiger partial charge in [-0.2, -0.15) is 5.26 Å². The molecule has 4 nitrogen and oxygen atoms in total. The first-order chi connectivity index (χ1) is 9.38. The summed E-state index contributed by atoms with van der Waals surface area (Å²) in [6, 6.07) is 5.18. The summed E-state index contributed by atoms with van der Waals surface area (Å²) >= 11 is 0. The molecule has 0 saturated carbocycles. The number of unbranched alkanes of at least 4 members (excludes halogenated alkanes) is 1. The van der Waals surface area contributed by atoms with Crippen LogP contribution in [0.5, 0.6) is 0 Å². The van der Waals surface area contributed by atoms with Crippen molar-refractivity contribution in [3.05, 3.63) is 29.6 Å². The number of nitrogens with one attached hydrogen (secondary N) is 1. The average molecular weight is 298 g/mol. The Balaban J connectivity index is 2.71. The largest absolute Gasteiger partial charge is 0.241 e. The van der Waals surface area contributed by atoms with Crippen molar-refractivity contribution in [1.29, 1.82) is 5.26 Å². The van der Waals surface area contributed by atoms with Crippen LogP contribution < -0.4 is 4.72 Å². The zero-order valence-electron chi connectivity index (χ0n) is 11.7. The van der Waals surface area contributed by atoms with Crippen LogP contribution >= 0.6 is 0 Å². The number of nitriles is 1. The summed E-state index contributed by atoms with van der Waals surface area (Å²) in [5.41, 5.74) is -0.442. The molecular formula is C14H19FN2O2S. The maximum Gasteiger partial charge on any atom is 0.241 e. The molecule has 0 saturated heterocycles. The molecule has 1 rings (SSSR count). The van der Waals surface area contributed by atoms with Crippen molar-refractivity contribution in [1.82, 2.24) is 4.72 Å². The summed E-state index contributed by atoms with van der Waals surface area (Å²) in [7, 11) is -3.84. The van der Waals surface area contributed by atoms with Crippen molar-refractivity contribution in [2.24, 2.45) is 5.92 Å². The number of hydrogen-bond donors (Lipinski definition) is 1. The number of nitrogens with zero attached hydrogens (tertiary/aromatic N) is 1. The maximum absolute atomic E-state index is 13.4. The smallest absolute Gasteiger partial charge is 0.211 e. The summed E-state index contributed by atoms with van der Waals surface area (Å²) in [6.07, 6.45) is 2.67. The van der Waals surface area contributed by atoms with Gasteiger partial charge >= 0.3 is 0 Å². The lowest BCUT2D eigenvalue weighted by molar-refractivity contribution is 0.530. The predicted octanol–water partition coefficient (Wildman–Crippen LogP) is 2.80. The average Bonchev–Trinajstić information content (AvgIpc) is 2.37. The summed E-state index contributed by atoms with van der Waals surface area (Å²) in [5.74, 6) is -0.241. The van der Waals surface area contributed by atoms with Gasteiger partial charge in [0.25, 0.3) is 0 Å². The van der Waals surface area contributed by atoms with Gasteiger partial charge in [0, 0.05) is 6.54 Å². The zero-order valence-corrected chi connectivity index (χ0v) is 12.5. The highest BCUT2D eigenvalue weighted by molar-refractivity contribution is 7.89. The minimum atomic E-state index is -3.84. The normalized spacial score (nSPS) is 11.6. The summed E-state index contributed by atoms with van der Waals surface area (Å²) in [4.78, 5) is -0.302. The molecule has 1 N–H and O–H groups in total. The summed E-state index contributed by atoms with van der Waals surface area (Å²) in [6.45, 7) is 4.50. The minimum Gasteiger partial charge on any atom is -0.211 e. The van der Waals surface area contributed by atoms with Crippen LogP contribution in [-0.2, 0) is 10.0 Å². The molecule has 0 spiro atoms. The highest BCUT2D eigenvalue weighted by atomic mass is 32.2. The van der Waals surface area contributed by atoms with Crippen molar-refractivity contribution in [2.75, 3.05) is 6.54 Å². The van der Waals surface area contributed by atoms with Crippen LogP contribution in [-0.4, -0.2) is 15.0 Å². The molecular weight excluding hydrogens is 279 g/mol. The van der Waals surface area contributed by atoms with Crippen molar-refractivity contribution < 1.29 is 12.8 Å². The maximum atomic E-state index is 13.4. The van der Waals surface area contributed by atoms with Gasteiger partial charge in [-0.25, -0.2) is 17.5 Å². The van der Waals surface area contributed by atoms with Crippen LogP contribution in [0.4, 0.5) is 4.39 Å². The highest BCUT2D eigenvalue weighted by Gasteiger charge is 2.20. The van der Waals surface area contributed by atoms with Gasteiger partial charge in [0.15, 0.2) is 0 Å². The van der Waals surface area contributed by atoms with E-state index in [9.17, 15) is 12.8 Å². The van der Waals surface area contributed by atoms with Crippen LogP contribution in [0.25, 0.3) is 0 Å². The Morgan fingerprint density at radius 3 is 2.65 bits per heavy atom. The molecule has 0 bridgehead atoms. The lowest BCUT2D eigenvalue weighted by atomic mass is 10.1. The molecule has 0 aliphatic carbocycles. The van der Waals surface area contributed by atoms with Gasteiger partial charge in [-0.05, 0) is 24.5 Å². The van der Waals surface area contributed by atoms with Gasteiger partial charge in [0.05, 0.1) is 0 Å². The number of sulfonamides is 1. The Labute approximate surface area is 119 Å². The van der Waals surface area contributed by atoms with Crippen molar-refractivity contribution in [3.8, 4) is 6.07 Å². The van der Waals surface area contributed by atoms with E-state index in [4.69, 9.17) is 5.26 Å². The molecule has 1 aromatic carbocycles. The Bertz CT molecular complexity index is 592. The topological polar surface area (TPSA) is 70.0 Å². The van der Waals surface area contributed by atoms with Gasteiger partial charge in [-0.15, -0.1) is 0 Å². The fourth-order valence-corrected chi connectivity index (χ4v) is 3.04. The van der Waals surface area contributed by atoms with Gasteiger partial charge < -0.3 is 0 Å². The van der Waals surface area contributed by atoms with E-state index < -0.39 is 21.4 Å². The first-order valence-corrected chi connectivity index (χ1v) is 8.05. The third-order valence-electron chi connectivity index (χ3n) is 2.88. The van der Waals surface area contributed by atoms with E-state index >= 15 is 0 Å². The SMILES string of the molecule is CC(C)CCCCNS(=O)(=O)c1cccc(F)c1C#N. The minimum absolute atomic E-state index is 0.288. The summed E-state index contributed by atoms with van der Waals surface area (Å²) < 4.78 is 39.9. The fraction of sp³-hybridized carbons (Fsp3) is 0.500. The van der Waals surface area contributed by atoms with Crippen LogP contribution in [0.1, 0.15) is 38.7 Å². The van der Waals surface area contributed by atoms with Crippen molar-refractivity contribution in [3.63, 3.8) is 0 Å². The quantitative estimate of drug-likeness (QED) is 0.787. The van der Waals surface area contributed by atoms with Gasteiger partial charge in [0.2, 0.25) is 10.0 Å². The second-order valence-electron chi connectivity index (χ2n) is 5.01. The number of rotatable bonds is 7.